The van der Waals surface area contributed by atoms with E-state index >= 15 is 0 Å². The number of halogens is 1. The Balaban J connectivity index is 2.14. The van der Waals surface area contributed by atoms with Crippen molar-refractivity contribution in [1.29, 1.82) is 5.26 Å². The summed E-state index contributed by atoms with van der Waals surface area (Å²) in [5, 5.41) is 8.71. The second-order valence-corrected chi connectivity index (χ2v) is 4.82. The van der Waals surface area contributed by atoms with Crippen LogP contribution in [0.2, 0.25) is 0 Å². The maximum absolute atomic E-state index is 13.6. The Bertz CT molecular complexity index is 612. The summed E-state index contributed by atoms with van der Waals surface area (Å²) >= 11 is 0. The Morgan fingerprint density at radius 1 is 1.20 bits per heavy atom. The van der Waals surface area contributed by atoms with E-state index in [0.29, 0.717) is 5.56 Å². The number of hydrogen-bond acceptors (Lipinski definition) is 2. The predicted octanol–water partition coefficient (Wildman–Crippen LogP) is 4.49. The molecule has 20 heavy (non-hydrogen) atoms. The molecule has 2 aromatic rings. The minimum Gasteiger partial charge on any atom is -0.256 e. The average Bonchev–Trinajstić information content (AvgIpc) is 2.48. The van der Waals surface area contributed by atoms with E-state index in [-0.39, 0.29) is 5.56 Å². The zero-order valence-corrected chi connectivity index (χ0v) is 11.6. The van der Waals surface area contributed by atoms with Gasteiger partial charge in [0.2, 0.25) is 0 Å². The van der Waals surface area contributed by atoms with Crippen molar-refractivity contribution in [1.82, 2.24) is 4.98 Å². The van der Waals surface area contributed by atoms with Crippen LogP contribution in [-0.4, -0.2) is 4.98 Å². The molecule has 0 saturated carbocycles. The van der Waals surface area contributed by atoms with E-state index in [1.54, 1.807) is 6.07 Å². The van der Waals surface area contributed by atoms with Crippen LogP contribution in [-0.2, 0) is 6.42 Å². The highest BCUT2D eigenvalue weighted by Crippen LogP contribution is 2.20. The van der Waals surface area contributed by atoms with Gasteiger partial charge in [-0.05, 0) is 36.6 Å². The van der Waals surface area contributed by atoms with Crippen LogP contribution in [0.15, 0.2) is 36.5 Å². The van der Waals surface area contributed by atoms with E-state index in [1.807, 2.05) is 24.4 Å². The Kier molecular flexibility index (Phi) is 4.84. The van der Waals surface area contributed by atoms with Gasteiger partial charge in [0.25, 0.3) is 0 Å². The molecule has 2 nitrogen and oxygen atoms in total. The van der Waals surface area contributed by atoms with Gasteiger partial charge in [0.1, 0.15) is 11.9 Å². The molecule has 0 amide bonds. The van der Waals surface area contributed by atoms with Crippen molar-refractivity contribution in [3.8, 4) is 17.3 Å². The molecule has 0 saturated heterocycles. The monoisotopic (exact) mass is 268 g/mol. The van der Waals surface area contributed by atoms with Gasteiger partial charge in [0.15, 0.2) is 0 Å². The second-order valence-electron chi connectivity index (χ2n) is 4.82. The normalized spacial score (nSPS) is 10.2. The van der Waals surface area contributed by atoms with E-state index in [2.05, 4.69) is 11.9 Å². The third-order valence-corrected chi connectivity index (χ3v) is 3.28. The SMILES string of the molecule is CCCCCc1ccc(-c2ccc(C#N)c(F)c2)nc1. The zero-order chi connectivity index (χ0) is 14.4. The third kappa shape index (κ3) is 3.42. The molecule has 3 heteroatoms. The molecule has 102 valence electrons. The highest BCUT2D eigenvalue weighted by atomic mass is 19.1. The Morgan fingerprint density at radius 2 is 2.05 bits per heavy atom. The van der Waals surface area contributed by atoms with E-state index in [0.717, 1.165) is 12.1 Å². The number of rotatable bonds is 5. The van der Waals surface area contributed by atoms with Gasteiger partial charge in [-0.25, -0.2) is 4.39 Å². The van der Waals surface area contributed by atoms with E-state index < -0.39 is 5.82 Å². The lowest BCUT2D eigenvalue weighted by molar-refractivity contribution is 0.624. The molecule has 0 aliphatic carbocycles. The van der Waals surface area contributed by atoms with Gasteiger partial charge in [0, 0.05) is 11.8 Å². The second kappa shape index (κ2) is 6.81. The summed E-state index contributed by atoms with van der Waals surface area (Å²) in [5.74, 6) is -0.501. The number of benzene rings is 1. The number of pyridine rings is 1. The van der Waals surface area contributed by atoms with Crippen molar-refractivity contribution >= 4 is 0 Å². The van der Waals surface area contributed by atoms with Crippen LogP contribution < -0.4 is 0 Å². The van der Waals surface area contributed by atoms with Gasteiger partial charge in [-0.3, -0.25) is 4.98 Å². The van der Waals surface area contributed by atoms with Crippen molar-refractivity contribution in [3.05, 3.63) is 53.5 Å². The quantitative estimate of drug-likeness (QED) is 0.749. The van der Waals surface area contributed by atoms with Crippen LogP contribution in [0.4, 0.5) is 4.39 Å². The first kappa shape index (κ1) is 14.2. The first-order valence-corrected chi connectivity index (χ1v) is 6.89. The van der Waals surface area contributed by atoms with E-state index in [1.165, 1.54) is 37.0 Å². The fourth-order valence-corrected chi connectivity index (χ4v) is 2.09. The molecule has 1 aromatic carbocycles. The summed E-state index contributed by atoms with van der Waals surface area (Å²) in [7, 11) is 0. The number of hydrogen-bond donors (Lipinski definition) is 0. The summed E-state index contributed by atoms with van der Waals surface area (Å²) in [5.41, 5.74) is 2.69. The molecule has 0 radical (unpaired) electrons. The molecule has 2 rings (SSSR count). The minimum atomic E-state index is -0.501. The molecule has 0 bridgehead atoms. The number of nitrogens with zero attached hydrogens (tertiary/aromatic N) is 2. The predicted molar refractivity (Wildman–Crippen MR) is 77.6 cm³/mol. The topological polar surface area (TPSA) is 36.7 Å². The van der Waals surface area contributed by atoms with Gasteiger partial charge < -0.3 is 0 Å². The lowest BCUT2D eigenvalue weighted by atomic mass is 10.1. The van der Waals surface area contributed by atoms with Crippen molar-refractivity contribution < 1.29 is 4.39 Å². The molecule has 0 N–H and O–H groups in total. The maximum atomic E-state index is 13.6. The van der Waals surface area contributed by atoms with Crippen LogP contribution in [0.5, 0.6) is 0 Å². The Morgan fingerprint density at radius 3 is 2.65 bits per heavy atom. The lowest BCUT2D eigenvalue weighted by Crippen LogP contribution is -1.91. The van der Waals surface area contributed by atoms with Crippen LogP contribution >= 0.6 is 0 Å². The Labute approximate surface area is 118 Å². The highest BCUT2D eigenvalue weighted by molar-refractivity contribution is 5.60. The third-order valence-electron chi connectivity index (χ3n) is 3.28. The first-order valence-electron chi connectivity index (χ1n) is 6.89. The highest BCUT2D eigenvalue weighted by Gasteiger charge is 2.05. The molecule has 0 atom stereocenters. The molecule has 0 fully saturated rings. The largest absolute Gasteiger partial charge is 0.256 e. The van der Waals surface area contributed by atoms with Crippen molar-refractivity contribution in [2.75, 3.05) is 0 Å². The summed E-state index contributed by atoms with van der Waals surface area (Å²) in [6.07, 6.45) is 6.48. The number of aromatic nitrogens is 1. The molecule has 0 spiro atoms. The van der Waals surface area contributed by atoms with Crippen LogP contribution in [0.25, 0.3) is 11.3 Å². The summed E-state index contributed by atoms with van der Waals surface area (Å²) < 4.78 is 13.6. The molecular weight excluding hydrogens is 251 g/mol. The zero-order valence-electron chi connectivity index (χ0n) is 11.6. The van der Waals surface area contributed by atoms with Gasteiger partial charge in [0.05, 0.1) is 11.3 Å². The Hall–Kier alpha value is -2.21. The number of nitriles is 1. The van der Waals surface area contributed by atoms with Gasteiger partial charge in [-0.1, -0.05) is 31.9 Å². The van der Waals surface area contributed by atoms with E-state index in [9.17, 15) is 4.39 Å². The van der Waals surface area contributed by atoms with Gasteiger partial charge >= 0.3 is 0 Å². The fraction of sp³-hybridized carbons (Fsp3) is 0.294. The molecule has 0 aliphatic heterocycles. The summed E-state index contributed by atoms with van der Waals surface area (Å²) in [4.78, 5) is 4.37. The van der Waals surface area contributed by atoms with E-state index in [4.69, 9.17) is 5.26 Å². The summed E-state index contributed by atoms with van der Waals surface area (Å²) in [6, 6.07) is 10.3. The molecule has 1 aromatic heterocycles. The van der Waals surface area contributed by atoms with Crippen LogP contribution in [0.3, 0.4) is 0 Å². The average molecular weight is 268 g/mol. The molecule has 0 unspecified atom stereocenters. The minimum absolute atomic E-state index is 0.0601. The lowest BCUT2D eigenvalue weighted by Gasteiger charge is -2.04. The van der Waals surface area contributed by atoms with Gasteiger partial charge in [-0.15, -0.1) is 0 Å². The first-order chi connectivity index (χ1) is 9.74. The van der Waals surface area contributed by atoms with Crippen molar-refractivity contribution in [2.45, 2.75) is 32.6 Å². The summed E-state index contributed by atoms with van der Waals surface area (Å²) in [6.45, 7) is 2.18. The van der Waals surface area contributed by atoms with Crippen LogP contribution in [0, 0.1) is 17.1 Å². The van der Waals surface area contributed by atoms with Gasteiger partial charge in [-0.2, -0.15) is 5.26 Å². The molecular formula is C17H17FN2. The van der Waals surface area contributed by atoms with Crippen molar-refractivity contribution in [3.63, 3.8) is 0 Å². The van der Waals surface area contributed by atoms with Crippen molar-refractivity contribution in [2.24, 2.45) is 0 Å². The number of unbranched alkanes of at least 4 members (excludes halogenated alkanes) is 2. The van der Waals surface area contributed by atoms with Crippen LogP contribution in [0.1, 0.15) is 37.3 Å². The molecule has 0 aliphatic rings. The standard InChI is InChI=1S/C17H17FN2/c1-2-3-4-5-13-6-9-17(20-12-13)14-7-8-15(11-19)16(18)10-14/h6-10,12H,2-5H2,1H3. The number of aryl methyl sites for hydroxylation is 1. The smallest absolute Gasteiger partial charge is 0.141 e. The molecule has 1 heterocycles. The maximum Gasteiger partial charge on any atom is 0.141 e. The fourth-order valence-electron chi connectivity index (χ4n) is 2.09.